The van der Waals surface area contributed by atoms with E-state index in [2.05, 4.69) is 0 Å². The van der Waals surface area contributed by atoms with Crippen LogP contribution in [0.2, 0.25) is 0 Å². The van der Waals surface area contributed by atoms with Crippen molar-refractivity contribution < 1.29 is 23.1 Å². The van der Waals surface area contributed by atoms with Gasteiger partial charge < -0.3 is 5.11 Å². The summed E-state index contributed by atoms with van der Waals surface area (Å²) in [5.74, 6) is -6.18. The fraction of sp³-hybridized carbons (Fsp3) is 0. The van der Waals surface area contributed by atoms with Gasteiger partial charge in [0.05, 0.1) is 0 Å². The van der Waals surface area contributed by atoms with Crippen LogP contribution in [0.15, 0.2) is 12.1 Å². The highest BCUT2D eigenvalue weighted by molar-refractivity contribution is 5.88. The van der Waals surface area contributed by atoms with E-state index in [4.69, 9.17) is 5.11 Å². The van der Waals surface area contributed by atoms with Gasteiger partial charge in [-0.15, -0.1) is 0 Å². The molecule has 0 aliphatic heterocycles. The third-order valence-electron chi connectivity index (χ3n) is 1.26. The van der Waals surface area contributed by atoms with Gasteiger partial charge in [-0.2, -0.15) is 0 Å². The Kier molecular flexibility index (Phi) is 2.03. The van der Waals surface area contributed by atoms with Crippen LogP contribution >= 0.6 is 0 Å². The zero-order valence-corrected chi connectivity index (χ0v) is 5.64. The molecule has 0 unspecified atom stereocenters. The summed E-state index contributed by atoms with van der Waals surface area (Å²) in [7, 11) is 0. The van der Waals surface area contributed by atoms with Crippen LogP contribution in [0.5, 0.6) is 0 Å². The largest absolute Gasteiger partial charge is 0.477 e. The zero-order valence-electron chi connectivity index (χ0n) is 5.64. The molecule has 0 amide bonds. The maximum atomic E-state index is 12.5. The van der Waals surface area contributed by atoms with Crippen LogP contribution in [0.4, 0.5) is 13.2 Å². The minimum absolute atomic E-state index is 0.525. The predicted octanol–water partition coefficient (Wildman–Crippen LogP) is 1.80. The van der Waals surface area contributed by atoms with E-state index in [1.54, 1.807) is 0 Å². The smallest absolute Gasteiger partial charge is 0.341 e. The van der Waals surface area contributed by atoms with E-state index in [9.17, 15) is 18.0 Å². The number of rotatable bonds is 1. The molecule has 0 bridgehead atoms. The maximum absolute atomic E-state index is 12.5. The molecule has 64 valence electrons. The van der Waals surface area contributed by atoms with Crippen LogP contribution in [0.25, 0.3) is 0 Å². The minimum atomic E-state index is -1.83. The molecule has 1 N–H and O–H groups in total. The number of halogens is 3. The molecule has 1 aromatic carbocycles. The summed E-state index contributed by atoms with van der Waals surface area (Å²) < 4.78 is 37.3. The van der Waals surface area contributed by atoms with E-state index in [1.165, 1.54) is 0 Å². The van der Waals surface area contributed by atoms with Crippen molar-refractivity contribution in [1.82, 2.24) is 0 Å². The quantitative estimate of drug-likeness (QED) is 0.662. The van der Waals surface area contributed by atoms with Crippen LogP contribution in [0, 0.1) is 17.5 Å². The Morgan fingerprint density at radius 1 is 1.17 bits per heavy atom. The predicted molar refractivity (Wildman–Crippen MR) is 33.3 cm³/mol. The Balaban J connectivity index is 3.43. The fourth-order valence-corrected chi connectivity index (χ4v) is 0.723. The van der Waals surface area contributed by atoms with Crippen molar-refractivity contribution in [3.05, 3.63) is 35.1 Å². The third-order valence-corrected chi connectivity index (χ3v) is 1.26. The van der Waals surface area contributed by atoms with Gasteiger partial charge >= 0.3 is 5.97 Å². The number of carbonyl (C=O) groups is 1. The molecule has 0 radical (unpaired) electrons. The van der Waals surface area contributed by atoms with E-state index >= 15 is 0 Å². The Hall–Kier alpha value is -1.52. The Morgan fingerprint density at radius 2 is 1.67 bits per heavy atom. The number of benzene rings is 1. The molecule has 0 heterocycles. The van der Waals surface area contributed by atoms with E-state index in [0.29, 0.717) is 12.1 Å². The highest BCUT2D eigenvalue weighted by atomic mass is 19.2. The Labute approximate surface area is 65.2 Å². The van der Waals surface area contributed by atoms with Gasteiger partial charge in [-0.1, -0.05) is 0 Å². The lowest BCUT2D eigenvalue weighted by atomic mass is 10.2. The Morgan fingerprint density at radius 3 is 2.08 bits per heavy atom. The second kappa shape index (κ2) is 2.84. The van der Waals surface area contributed by atoms with Crippen LogP contribution in [0.3, 0.4) is 0 Å². The molecular formula is C7H3F3O2. The van der Waals surface area contributed by atoms with Crippen molar-refractivity contribution >= 4 is 5.97 Å². The van der Waals surface area contributed by atoms with Gasteiger partial charge in [0.1, 0.15) is 11.4 Å². The van der Waals surface area contributed by atoms with Crippen LogP contribution in [0.1, 0.15) is 10.4 Å². The second-order valence-corrected chi connectivity index (χ2v) is 2.02. The summed E-state index contributed by atoms with van der Waals surface area (Å²) in [6.07, 6.45) is 0. The van der Waals surface area contributed by atoms with Crippen LogP contribution in [-0.4, -0.2) is 11.1 Å². The van der Waals surface area contributed by atoms with Gasteiger partial charge in [0.25, 0.3) is 0 Å². The number of carboxylic acid groups (broad SMARTS) is 1. The van der Waals surface area contributed by atoms with Gasteiger partial charge in [-0.05, 0) is 12.1 Å². The molecule has 0 saturated carbocycles. The molecule has 0 saturated heterocycles. The topological polar surface area (TPSA) is 37.3 Å². The first kappa shape index (κ1) is 8.58. The molecular weight excluding hydrogens is 173 g/mol. The third kappa shape index (κ3) is 1.25. The van der Waals surface area contributed by atoms with Crippen molar-refractivity contribution in [3.8, 4) is 0 Å². The summed E-state index contributed by atoms with van der Waals surface area (Å²) in [5.41, 5.74) is -1.27. The molecule has 0 aliphatic carbocycles. The zero-order chi connectivity index (χ0) is 9.30. The number of aromatic carboxylic acids is 1. The summed E-state index contributed by atoms with van der Waals surface area (Å²) >= 11 is 0. The summed E-state index contributed by atoms with van der Waals surface area (Å²) in [4.78, 5) is 10.1. The van der Waals surface area contributed by atoms with Gasteiger partial charge in [-0.3, -0.25) is 0 Å². The van der Waals surface area contributed by atoms with Gasteiger partial charge in [0.2, 0.25) is 0 Å². The van der Waals surface area contributed by atoms with Gasteiger partial charge in [-0.25, -0.2) is 18.0 Å². The normalized spacial score (nSPS) is 9.92. The van der Waals surface area contributed by atoms with Crippen molar-refractivity contribution in [2.24, 2.45) is 0 Å². The second-order valence-electron chi connectivity index (χ2n) is 2.02. The number of carboxylic acids is 1. The van der Waals surface area contributed by atoms with Crippen molar-refractivity contribution in [1.29, 1.82) is 0 Å². The lowest BCUT2D eigenvalue weighted by Crippen LogP contribution is -2.06. The summed E-state index contributed by atoms with van der Waals surface area (Å²) in [5, 5.41) is 8.22. The highest BCUT2D eigenvalue weighted by Gasteiger charge is 2.19. The summed E-state index contributed by atoms with van der Waals surface area (Å²) in [6, 6.07) is 1.08. The minimum Gasteiger partial charge on any atom is -0.477 e. The van der Waals surface area contributed by atoms with E-state index < -0.39 is 29.0 Å². The number of hydrogen-bond acceptors (Lipinski definition) is 1. The Bertz CT molecular complexity index is 336. The first-order valence-corrected chi connectivity index (χ1v) is 2.91. The van der Waals surface area contributed by atoms with Crippen molar-refractivity contribution in [3.63, 3.8) is 0 Å². The van der Waals surface area contributed by atoms with Crippen LogP contribution in [-0.2, 0) is 0 Å². The lowest BCUT2D eigenvalue weighted by molar-refractivity contribution is 0.0685. The first-order chi connectivity index (χ1) is 5.54. The molecule has 12 heavy (non-hydrogen) atoms. The maximum Gasteiger partial charge on any atom is 0.341 e. The van der Waals surface area contributed by atoms with Crippen molar-refractivity contribution in [2.75, 3.05) is 0 Å². The number of hydrogen-bond donors (Lipinski definition) is 1. The average Bonchev–Trinajstić information content (AvgIpc) is 1.97. The molecule has 5 heteroatoms. The van der Waals surface area contributed by atoms with Crippen molar-refractivity contribution in [2.45, 2.75) is 0 Å². The van der Waals surface area contributed by atoms with Gasteiger partial charge in [0, 0.05) is 0 Å². The van der Waals surface area contributed by atoms with E-state index in [-0.39, 0.29) is 0 Å². The van der Waals surface area contributed by atoms with Gasteiger partial charge in [0.15, 0.2) is 11.6 Å². The molecule has 1 aromatic rings. The molecule has 0 aliphatic rings. The first-order valence-electron chi connectivity index (χ1n) is 2.91. The monoisotopic (exact) mass is 176 g/mol. The lowest BCUT2D eigenvalue weighted by Gasteiger charge is -1.98. The molecule has 0 spiro atoms. The van der Waals surface area contributed by atoms with Crippen LogP contribution < -0.4 is 0 Å². The standard InChI is InChI=1S/C7H3F3O2/c8-3-1-2-4(9)6(10)5(3)7(11)12/h1-2H,(H,11,12). The molecule has 0 atom stereocenters. The highest BCUT2D eigenvalue weighted by Crippen LogP contribution is 2.15. The molecule has 1 rings (SSSR count). The van der Waals surface area contributed by atoms with E-state index in [1.807, 2.05) is 0 Å². The molecule has 0 fully saturated rings. The molecule has 2 nitrogen and oxygen atoms in total. The SMILES string of the molecule is O=C(O)c1c(F)ccc(F)c1F. The summed E-state index contributed by atoms with van der Waals surface area (Å²) in [6.45, 7) is 0. The molecule has 0 aromatic heterocycles. The fourth-order valence-electron chi connectivity index (χ4n) is 0.723. The van der Waals surface area contributed by atoms with E-state index in [0.717, 1.165) is 0 Å². The average molecular weight is 176 g/mol.